The van der Waals surface area contributed by atoms with Crippen LogP contribution < -0.4 is 0 Å². The molecule has 2 aliphatic rings. The van der Waals surface area contributed by atoms with Crippen LogP contribution in [0.3, 0.4) is 0 Å². The zero-order valence-electron chi connectivity index (χ0n) is 17.4. The van der Waals surface area contributed by atoms with Crippen molar-refractivity contribution in [2.75, 3.05) is 6.54 Å². The highest BCUT2D eigenvalue weighted by atomic mass is 16.7. The lowest BCUT2D eigenvalue weighted by Gasteiger charge is -2.46. The van der Waals surface area contributed by atoms with Crippen LogP contribution in [-0.4, -0.2) is 46.9 Å². The molecule has 5 nitrogen and oxygen atoms in total. The molecule has 1 heterocycles. The van der Waals surface area contributed by atoms with Crippen LogP contribution in [0.15, 0.2) is 0 Å². The first kappa shape index (κ1) is 20.6. The predicted octanol–water partition coefficient (Wildman–Crippen LogP) is 4.58. The Morgan fingerprint density at radius 1 is 1.04 bits per heavy atom. The summed E-state index contributed by atoms with van der Waals surface area (Å²) in [7, 11) is -0.426. The smallest absolute Gasteiger partial charge is 0.444 e. The molecular formula is C19H36BNO4. The molecule has 1 saturated heterocycles. The first-order valence-electron chi connectivity index (χ1n) is 9.71. The Balaban J connectivity index is 2.35. The predicted molar refractivity (Wildman–Crippen MR) is 101 cm³/mol. The van der Waals surface area contributed by atoms with Gasteiger partial charge in [-0.1, -0.05) is 19.3 Å². The lowest BCUT2D eigenvalue weighted by Crippen LogP contribution is -2.63. The molecule has 0 spiro atoms. The molecule has 2 rings (SSSR count). The first-order valence-corrected chi connectivity index (χ1v) is 9.71. The second-order valence-corrected chi connectivity index (χ2v) is 9.48. The number of hydrogen-bond acceptors (Lipinski definition) is 4. The summed E-state index contributed by atoms with van der Waals surface area (Å²) in [5, 5.41) is 0. The standard InChI is InChI=1S/C19H36BNO4/c1-9-21(15(22)23-16(2,3)4)19(13-11-10-12-14-19)20-24-17(5,6)18(7,8)25-20/h9-14H2,1-8H3. The molecule has 0 N–H and O–H groups in total. The van der Waals surface area contributed by atoms with Crippen molar-refractivity contribution in [1.29, 1.82) is 0 Å². The van der Waals surface area contributed by atoms with Crippen molar-refractivity contribution in [3.8, 4) is 0 Å². The zero-order chi connectivity index (χ0) is 19.1. The maximum absolute atomic E-state index is 13.0. The van der Waals surface area contributed by atoms with Crippen LogP contribution in [0, 0.1) is 0 Å². The minimum Gasteiger partial charge on any atom is -0.444 e. The fraction of sp³-hybridized carbons (Fsp3) is 0.947. The molecule has 2 fully saturated rings. The normalized spacial score (nSPS) is 24.9. The highest BCUT2D eigenvalue weighted by Gasteiger charge is 2.62. The fourth-order valence-electron chi connectivity index (χ4n) is 3.80. The van der Waals surface area contributed by atoms with Gasteiger partial charge in [0.05, 0.1) is 16.6 Å². The maximum atomic E-state index is 13.0. The first-order chi connectivity index (χ1) is 11.3. The van der Waals surface area contributed by atoms with E-state index in [1.54, 1.807) is 0 Å². The summed E-state index contributed by atoms with van der Waals surface area (Å²) in [6, 6.07) is 0. The third kappa shape index (κ3) is 4.00. The molecule has 1 saturated carbocycles. The van der Waals surface area contributed by atoms with Gasteiger partial charge in [0, 0.05) is 6.54 Å². The van der Waals surface area contributed by atoms with Crippen molar-refractivity contribution < 1.29 is 18.8 Å². The summed E-state index contributed by atoms with van der Waals surface area (Å²) in [6.07, 6.45) is 4.83. The minimum atomic E-state index is -0.518. The summed E-state index contributed by atoms with van der Waals surface area (Å²) in [5.74, 6) is 0. The highest BCUT2D eigenvalue weighted by molar-refractivity contribution is 6.50. The molecule has 1 amide bonds. The quantitative estimate of drug-likeness (QED) is 0.697. The van der Waals surface area contributed by atoms with E-state index in [2.05, 4.69) is 27.7 Å². The van der Waals surface area contributed by atoms with Gasteiger partial charge in [-0.2, -0.15) is 0 Å². The number of ether oxygens (including phenoxy) is 1. The van der Waals surface area contributed by atoms with Crippen molar-refractivity contribution in [1.82, 2.24) is 4.90 Å². The molecular weight excluding hydrogens is 317 g/mol. The molecule has 0 aromatic rings. The van der Waals surface area contributed by atoms with Crippen LogP contribution in [0.5, 0.6) is 0 Å². The van der Waals surface area contributed by atoms with E-state index >= 15 is 0 Å². The number of hydrogen-bond donors (Lipinski definition) is 0. The van der Waals surface area contributed by atoms with Gasteiger partial charge in [-0.15, -0.1) is 0 Å². The molecule has 0 aromatic heterocycles. The summed E-state index contributed by atoms with van der Waals surface area (Å²) < 4.78 is 18.5. The minimum absolute atomic E-state index is 0.272. The van der Waals surface area contributed by atoms with Crippen molar-refractivity contribution in [2.45, 2.75) is 110 Å². The van der Waals surface area contributed by atoms with Crippen molar-refractivity contribution in [3.63, 3.8) is 0 Å². The van der Waals surface area contributed by atoms with Crippen molar-refractivity contribution >= 4 is 13.2 Å². The Morgan fingerprint density at radius 2 is 1.52 bits per heavy atom. The summed E-state index contributed by atoms with van der Waals surface area (Å²) in [5.41, 5.74) is -1.79. The molecule has 0 radical (unpaired) electrons. The van der Waals surface area contributed by atoms with E-state index in [-0.39, 0.29) is 6.09 Å². The van der Waals surface area contributed by atoms with E-state index in [4.69, 9.17) is 14.0 Å². The van der Waals surface area contributed by atoms with Gasteiger partial charge >= 0.3 is 13.2 Å². The number of carbonyl (C=O) groups excluding carboxylic acids is 1. The number of nitrogens with zero attached hydrogens (tertiary/aromatic N) is 1. The van der Waals surface area contributed by atoms with Crippen LogP contribution >= 0.6 is 0 Å². The van der Waals surface area contributed by atoms with Crippen LogP contribution in [0.1, 0.15) is 87.5 Å². The molecule has 1 aliphatic carbocycles. The second-order valence-electron chi connectivity index (χ2n) is 9.48. The molecule has 0 unspecified atom stereocenters. The van der Waals surface area contributed by atoms with E-state index < -0.39 is 29.4 Å². The highest BCUT2D eigenvalue weighted by Crippen LogP contribution is 2.46. The van der Waals surface area contributed by atoms with Gasteiger partial charge in [0.15, 0.2) is 0 Å². The van der Waals surface area contributed by atoms with E-state index in [0.717, 1.165) is 25.7 Å². The summed E-state index contributed by atoms with van der Waals surface area (Å²) in [6.45, 7) is 16.6. The van der Waals surface area contributed by atoms with E-state index in [1.807, 2.05) is 32.6 Å². The largest absolute Gasteiger partial charge is 0.485 e. The Morgan fingerprint density at radius 3 is 1.92 bits per heavy atom. The summed E-state index contributed by atoms with van der Waals surface area (Å²) >= 11 is 0. The van der Waals surface area contributed by atoms with Gasteiger partial charge in [-0.05, 0) is 68.2 Å². The number of carbonyl (C=O) groups is 1. The average Bonchev–Trinajstić information content (AvgIpc) is 2.67. The lowest BCUT2D eigenvalue weighted by molar-refractivity contribution is -0.00188. The van der Waals surface area contributed by atoms with Gasteiger partial charge in [0.1, 0.15) is 5.60 Å². The summed E-state index contributed by atoms with van der Waals surface area (Å²) in [4.78, 5) is 14.8. The number of amides is 1. The van der Waals surface area contributed by atoms with Crippen LogP contribution in [0.4, 0.5) is 4.79 Å². The van der Waals surface area contributed by atoms with Crippen LogP contribution in [0.2, 0.25) is 0 Å². The Bertz CT molecular complexity index is 476. The molecule has 144 valence electrons. The van der Waals surface area contributed by atoms with Gasteiger partial charge in [-0.25, -0.2) is 4.79 Å². The second kappa shape index (κ2) is 6.77. The topological polar surface area (TPSA) is 48.0 Å². The number of rotatable bonds is 3. The fourth-order valence-corrected chi connectivity index (χ4v) is 3.80. The average molecular weight is 353 g/mol. The van der Waals surface area contributed by atoms with Crippen molar-refractivity contribution in [3.05, 3.63) is 0 Å². The van der Waals surface area contributed by atoms with Crippen LogP contribution in [0.25, 0.3) is 0 Å². The lowest BCUT2D eigenvalue weighted by atomic mass is 9.56. The zero-order valence-corrected chi connectivity index (χ0v) is 17.4. The Hall–Kier alpha value is -0.745. The van der Waals surface area contributed by atoms with Gasteiger partial charge in [0.2, 0.25) is 0 Å². The monoisotopic (exact) mass is 353 g/mol. The van der Waals surface area contributed by atoms with Gasteiger partial charge in [0.25, 0.3) is 0 Å². The van der Waals surface area contributed by atoms with Crippen molar-refractivity contribution in [2.24, 2.45) is 0 Å². The van der Waals surface area contributed by atoms with Crippen LogP contribution in [-0.2, 0) is 14.0 Å². The third-order valence-corrected chi connectivity index (χ3v) is 5.88. The van der Waals surface area contributed by atoms with Gasteiger partial charge < -0.3 is 18.9 Å². The molecule has 0 bridgehead atoms. The third-order valence-electron chi connectivity index (χ3n) is 5.88. The Labute approximate surface area is 153 Å². The SMILES string of the molecule is CCN(C(=O)OC(C)(C)C)C1(B2OC(C)(C)C(C)(C)O2)CCCCC1. The molecule has 25 heavy (non-hydrogen) atoms. The van der Waals surface area contributed by atoms with Gasteiger partial charge in [-0.3, -0.25) is 0 Å². The maximum Gasteiger partial charge on any atom is 0.485 e. The van der Waals surface area contributed by atoms with E-state index in [9.17, 15) is 4.79 Å². The molecule has 1 aliphatic heterocycles. The van der Waals surface area contributed by atoms with E-state index in [0.29, 0.717) is 6.54 Å². The molecule has 0 atom stereocenters. The molecule has 0 aromatic carbocycles. The Kier molecular flexibility index (Phi) is 5.57. The molecule has 6 heteroatoms. The van der Waals surface area contributed by atoms with E-state index in [1.165, 1.54) is 6.42 Å².